The van der Waals surface area contributed by atoms with Gasteiger partial charge in [0.05, 0.1) is 11.5 Å². The zero-order chi connectivity index (χ0) is 15.0. The molecule has 0 saturated carbocycles. The summed E-state index contributed by atoms with van der Waals surface area (Å²) >= 11 is 0. The van der Waals surface area contributed by atoms with Crippen molar-refractivity contribution in [2.45, 2.75) is 39.0 Å². The number of benzene rings is 1. The van der Waals surface area contributed by atoms with E-state index in [0.29, 0.717) is 6.42 Å². The summed E-state index contributed by atoms with van der Waals surface area (Å²) < 4.78 is 18.0. The number of nitro benzene ring substituents is 1. The van der Waals surface area contributed by atoms with Crippen molar-refractivity contribution in [3.05, 3.63) is 39.7 Å². The molecule has 110 valence electrons. The van der Waals surface area contributed by atoms with E-state index in [4.69, 9.17) is 4.74 Å². The summed E-state index contributed by atoms with van der Waals surface area (Å²) in [5, 5.41) is 10.8. The molecule has 0 radical (unpaired) electrons. The molecule has 0 amide bonds. The highest BCUT2D eigenvalue weighted by molar-refractivity contribution is 5.93. The van der Waals surface area contributed by atoms with Crippen molar-refractivity contribution in [3.8, 4) is 0 Å². The predicted molar refractivity (Wildman–Crippen MR) is 72.1 cm³/mol. The van der Waals surface area contributed by atoms with Crippen LogP contribution < -0.4 is 0 Å². The number of rotatable bonds is 8. The molecule has 0 aromatic heterocycles. The molecule has 0 aliphatic heterocycles. The van der Waals surface area contributed by atoms with Crippen LogP contribution in [0.25, 0.3) is 0 Å². The molecule has 0 heterocycles. The van der Waals surface area contributed by atoms with Crippen LogP contribution in [0.15, 0.2) is 18.2 Å². The Morgan fingerprint density at radius 2 is 2.00 bits per heavy atom. The van der Waals surface area contributed by atoms with Gasteiger partial charge in [0.1, 0.15) is 11.4 Å². The minimum absolute atomic E-state index is 0.191. The number of carbonyl (C=O) groups is 1. The van der Waals surface area contributed by atoms with Gasteiger partial charge in [-0.05, 0) is 18.6 Å². The maximum Gasteiger partial charge on any atom is 0.345 e. The predicted octanol–water partition coefficient (Wildman–Crippen LogP) is 3.86. The molecule has 0 spiro atoms. The maximum absolute atomic E-state index is 13.1. The van der Waals surface area contributed by atoms with Crippen molar-refractivity contribution in [2.75, 3.05) is 6.61 Å². The van der Waals surface area contributed by atoms with Crippen LogP contribution in [0.3, 0.4) is 0 Å². The fourth-order valence-electron chi connectivity index (χ4n) is 1.78. The summed E-state index contributed by atoms with van der Waals surface area (Å²) in [7, 11) is 0. The lowest BCUT2D eigenvalue weighted by atomic mass is 10.1. The summed E-state index contributed by atoms with van der Waals surface area (Å²) in [5.74, 6) is -1.56. The molecule has 0 atom stereocenters. The van der Waals surface area contributed by atoms with Crippen molar-refractivity contribution < 1.29 is 18.8 Å². The summed E-state index contributed by atoms with van der Waals surface area (Å²) in [4.78, 5) is 21.8. The fourth-order valence-corrected chi connectivity index (χ4v) is 1.78. The van der Waals surface area contributed by atoms with Gasteiger partial charge in [-0.2, -0.15) is 0 Å². The topological polar surface area (TPSA) is 69.4 Å². The van der Waals surface area contributed by atoms with Crippen LogP contribution in [0.4, 0.5) is 10.1 Å². The van der Waals surface area contributed by atoms with E-state index >= 15 is 0 Å². The van der Waals surface area contributed by atoms with Gasteiger partial charge in [0.25, 0.3) is 5.69 Å². The van der Waals surface area contributed by atoms with E-state index in [2.05, 4.69) is 6.92 Å². The molecule has 0 saturated heterocycles. The van der Waals surface area contributed by atoms with Gasteiger partial charge in [0, 0.05) is 6.07 Å². The van der Waals surface area contributed by atoms with Crippen molar-refractivity contribution in [3.63, 3.8) is 0 Å². The number of esters is 1. The highest BCUT2D eigenvalue weighted by atomic mass is 19.1. The van der Waals surface area contributed by atoms with E-state index in [-0.39, 0.29) is 12.2 Å². The number of nitrogens with zero attached hydrogens (tertiary/aromatic N) is 1. The first-order chi connectivity index (χ1) is 9.56. The van der Waals surface area contributed by atoms with E-state index in [1.807, 2.05) is 0 Å². The lowest BCUT2D eigenvalue weighted by Crippen LogP contribution is -2.09. The largest absolute Gasteiger partial charge is 0.462 e. The first-order valence-electron chi connectivity index (χ1n) is 6.67. The van der Waals surface area contributed by atoms with Crippen LogP contribution in [-0.2, 0) is 4.74 Å². The van der Waals surface area contributed by atoms with E-state index in [1.165, 1.54) is 0 Å². The van der Waals surface area contributed by atoms with Crippen LogP contribution >= 0.6 is 0 Å². The number of ether oxygens (including phenoxy) is 1. The fraction of sp³-hybridized carbons (Fsp3) is 0.500. The second-order valence-electron chi connectivity index (χ2n) is 4.47. The number of nitro groups is 1. The Morgan fingerprint density at radius 1 is 1.30 bits per heavy atom. The lowest BCUT2D eigenvalue weighted by Gasteiger charge is -2.05. The molecule has 1 rings (SSSR count). The highest BCUT2D eigenvalue weighted by Crippen LogP contribution is 2.20. The number of hydrogen-bond donors (Lipinski definition) is 0. The molecule has 0 bridgehead atoms. The Labute approximate surface area is 116 Å². The van der Waals surface area contributed by atoms with E-state index in [0.717, 1.165) is 43.9 Å². The molecule has 1 aromatic rings. The molecule has 0 unspecified atom stereocenters. The van der Waals surface area contributed by atoms with Crippen molar-refractivity contribution >= 4 is 11.7 Å². The molecule has 6 heteroatoms. The number of halogens is 1. The lowest BCUT2D eigenvalue weighted by molar-refractivity contribution is -0.385. The van der Waals surface area contributed by atoms with Gasteiger partial charge < -0.3 is 4.74 Å². The summed E-state index contributed by atoms with van der Waals surface area (Å²) in [5.41, 5.74) is -0.786. The highest BCUT2D eigenvalue weighted by Gasteiger charge is 2.21. The quantitative estimate of drug-likeness (QED) is 0.314. The Morgan fingerprint density at radius 3 is 2.65 bits per heavy atom. The summed E-state index contributed by atoms with van der Waals surface area (Å²) in [6, 6.07) is 2.74. The second-order valence-corrected chi connectivity index (χ2v) is 4.47. The van der Waals surface area contributed by atoms with Crippen molar-refractivity contribution in [2.24, 2.45) is 0 Å². The Kier molecular flexibility index (Phi) is 6.63. The van der Waals surface area contributed by atoms with Crippen LogP contribution in [0.1, 0.15) is 49.4 Å². The van der Waals surface area contributed by atoms with Crippen molar-refractivity contribution in [1.82, 2.24) is 0 Å². The Balaban J connectivity index is 2.54. The minimum Gasteiger partial charge on any atom is -0.462 e. The standard InChI is InChI=1S/C14H18FNO4/c1-2-3-4-5-6-9-20-14(17)12-10-11(15)7-8-13(12)16(18)19/h7-8,10H,2-6,9H2,1H3. The average Bonchev–Trinajstić information content (AvgIpc) is 2.42. The molecule has 1 aromatic carbocycles. The third kappa shape index (κ3) is 4.95. The minimum atomic E-state index is -0.855. The molecule has 5 nitrogen and oxygen atoms in total. The third-order valence-corrected chi connectivity index (χ3v) is 2.86. The number of unbranched alkanes of at least 4 members (excludes halogenated alkanes) is 4. The van der Waals surface area contributed by atoms with Crippen LogP contribution in [0.5, 0.6) is 0 Å². The molecule has 20 heavy (non-hydrogen) atoms. The first kappa shape index (κ1) is 16.1. The normalized spacial score (nSPS) is 10.3. The first-order valence-corrected chi connectivity index (χ1v) is 6.67. The maximum atomic E-state index is 13.1. The molecule has 0 aliphatic rings. The smallest absolute Gasteiger partial charge is 0.345 e. The average molecular weight is 283 g/mol. The third-order valence-electron chi connectivity index (χ3n) is 2.86. The van der Waals surface area contributed by atoms with Gasteiger partial charge in [-0.3, -0.25) is 10.1 Å². The molecule has 0 fully saturated rings. The molecular weight excluding hydrogens is 265 g/mol. The zero-order valence-corrected chi connectivity index (χ0v) is 11.4. The molecule has 0 N–H and O–H groups in total. The van der Waals surface area contributed by atoms with Crippen LogP contribution in [0, 0.1) is 15.9 Å². The summed E-state index contributed by atoms with van der Waals surface area (Å²) in [6.07, 6.45) is 4.95. The van der Waals surface area contributed by atoms with Crippen LogP contribution in [0.2, 0.25) is 0 Å². The van der Waals surface area contributed by atoms with E-state index in [1.54, 1.807) is 0 Å². The van der Waals surface area contributed by atoms with Gasteiger partial charge in [0.2, 0.25) is 0 Å². The van der Waals surface area contributed by atoms with E-state index < -0.39 is 22.4 Å². The van der Waals surface area contributed by atoms with Gasteiger partial charge in [0.15, 0.2) is 0 Å². The number of hydrogen-bond acceptors (Lipinski definition) is 4. The van der Waals surface area contributed by atoms with Crippen LogP contribution in [-0.4, -0.2) is 17.5 Å². The zero-order valence-electron chi connectivity index (χ0n) is 11.4. The molecular formula is C14H18FNO4. The van der Waals surface area contributed by atoms with E-state index in [9.17, 15) is 19.3 Å². The Bertz CT molecular complexity index is 476. The monoisotopic (exact) mass is 283 g/mol. The second kappa shape index (κ2) is 8.24. The van der Waals surface area contributed by atoms with Gasteiger partial charge in [-0.25, -0.2) is 9.18 Å². The van der Waals surface area contributed by atoms with Gasteiger partial charge in [-0.15, -0.1) is 0 Å². The van der Waals surface area contributed by atoms with Gasteiger partial charge in [-0.1, -0.05) is 32.6 Å². The van der Waals surface area contributed by atoms with Crippen molar-refractivity contribution in [1.29, 1.82) is 0 Å². The molecule has 0 aliphatic carbocycles. The summed E-state index contributed by atoms with van der Waals surface area (Å²) in [6.45, 7) is 2.29. The Hall–Kier alpha value is -1.98. The number of carbonyl (C=O) groups excluding carboxylic acids is 1. The van der Waals surface area contributed by atoms with Gasteiger partial charge >= 0.3 is 5.97 Å². The SMILES string of the molecule is CCCCCCCOC(=O)c1cc(F)ccc1[N+](=O)[O-].